The zero-order valence-corrected chi connectivity index (χ0v) is 17.1. The van der Waals surface area contributed by atoms with Gasteiger partial charge in [0.05, 0.1) is 7.11 Å². The molecule has 0 aliphatic heterocycles. The van der Waals surface area contributed by atoms with Crippen LogP contribution in [0.3, 0.4) is 0 Å². The van der Waals surface area contributed by atoms with Crippen molar-refractivity contribution in [1.82, 2.24) is 5.32 Å². The molecular formula is C25H25NO4. The lowest BCUT2D eigenvalue weighted by atomic mass is 10.00. The van der Waals surface area contributed by atoms with Crippen molar-refractivity contribution in [2.45, 2.75) is 18.6 Å². The summed E-state index contributed by atoms with van der Waals surface area (Å²) in [6.45, 7) is 0. The summed E-state index contributed by atoms with van der Waals surface area (Å²) in [7, 11) is 2.78. The molecule has 0 bridgehead atoms. The standard InChI is InChI=1S/C25H25NO4/c1-29-23(21-11-7-4-8-12-21)24(27)26-22(25(28)30-2)17-18-13-15-20(16-14-18)19-9-5-3-6-10-19/h3-16,22-23H,17H2,1-2H3,(H,26,27)/t22-,23+/m1/s1. The van der Waals surface area contributed by atoms with E-state index in [1.165, 1.54) is 14.2 Å². The molecule has 0 heterocycles. The number of nitrogens with one attached hydrogen (secondary N) is 1. The van der Waals surface area contributed by atoms with E-state index in [0.29, 0.717) is 12.0 Å². The summed E-state index contributed by atoms with van der Waals surface area (Å²) in [5, 5.41) is 2.77. The van der Waals surface area contributed by atoms with Crippen LogP contribution in [0.1, 0.15) is 17.2 Å². The zero-order valence-electron chi connectivity index (χ0n) is 17.1. The number of rotatable bonds is 8. The van der Waals surface area contributed by atoms with Gasteiger partial charge in [0.1, 0.15) is 6.04 Å². The van der Waals surface area contributed by atoms with Crippen molar-refractivity contribution in [3.05, 3.63) is 96.1 Å². The van der Waals surface area contributed by atoms with E-state index in [2.05, 4.69) is 5.32 Å². The molecule has 154 valence electrons. The van der Waals surface area contributed by atoms with Crippen LogP contribution in [-0.2, 0) is 25.5 Å². The van der Waals surface area contributed by atoms with Crippen LogP contribution < -0.4 is 5.32 Å². The number of amides is 1. The molecular weight excluding hydrogens is 378 g/mol. The quantitative estimate of drug-likeness (QED) is 0.579. The van der Waals surface area contributed by atoms with Gasteiger partial charge in [-0.1, -0.05) is 84.9 Å². The van der Waals surface area contributed by atoms with Crippen molar-refractivity contribution in [1.29, 1.82) is 0 Å². The van der Waals surface area contributed by atoms with E-state index in [4.69, 9.17) is 9.47 Å². The molecule has 0 unspecified atom stereocenters. The molecule has 0 saturated heterocycles. The fourth-order valence-electron chi connectivity index (χ4n) is 3.30. The van der Waals surface area contributed by atoms with Gasteiger partial charge in [0.2, 0.25) is 0 Å². The lowest BCUT2D eigenvalue weighted by Gasteiger charge is -2.21. The maximum absolute atomic E-state index is 12.8. The Morgan fingerprint density at radius 1 is 0.800 bits per heavy atom. The van der Waals surface area contributed by atoms with Crippen molar-refractivity contribution in [2.75, 3.05) is 14.2 Å². The van der Waals surface area contributed by atoms with E-state index >= 15 is 0 Å². The Balaban J connectivity index is 1.73. The summed E-state index contributed by atoms with van der Waals surface area (Å²) in [5.41, 5.74) is 3.83. The highest BCUT2D eigenvalue weighted by Crippen LogP contribution is 2.20. The number of carbonyl (C=O) groups is 2. The molecule has 0 fully saturated rings. The Labute approximate surface area is 176 Å². The van der Waals surface area contributed by atoms with Crippen LogP contribution in [0.2, 0.25) is 0 Å². The molecule has 3 aromatic rings. The van der Waals surface area contributed by atoms with Crippen LogP contribution in [0, 0.1) is 0 Å². The van der Waals surface area contributed by atoms with E-state index in [9.17, 15) is 9.59 Å². The molecule has 0 aromatic heterocycles. The van der Waals surface area contributed by atoms with Crippen LogP contribution >= 0.6 is 0 Å². The molecule has 3 rings (SSSR count). The Bertz CT molecular complexity index is 955. The molecule has 0 aliphatic rings. The van der Waals surface area contributed by atoms with Crippen molar-refractivity contribution >= 4 is 11.9 Å². The van der Waals surface area contributed by atoms with Crippen LogP contribution in [0.25, 0.3) is 11.1 Å². The minimum atomic E-state index is -0.813. The van der Waals surface area contributed by atoms with Gasteiger partial charge >= 0.3 is 5.97 Å². The summed E-state index contributed by atoms with van der Waals surface area (Å²) >= 11 is 0. The third-order valence-corrected chi connectivity index (χ3v) is 4.88. The molecule has 5 heteroatoms. The van der Waals surface area contributed by atoms with Gasteiger partial charge in [0.15, 0.2) is 6.10 Å². The van der Waals surface area contributed by atoms with Gasteiger partial charge in [-0.3, -0.25) is 4.79 Å². The monoisotopic (exact) mass is 403 g/mol. The lowest BCUT2D eigenvalue weighted by Crippen LogP contribution is -2.45. The number of ether oxygens (including phenoxy) is 2. The Hall–Kier alpha value is -3.44. The first-order valence-electron chi connectivity index (χ1n) is 9.72. The van der Waals surface area contributed by atoms with E-state index < -0.39 is 18.1 Å². The fourth-order valence-corrected chi connectivity index (χ4v) is 3.30. The van der Waals surface area contributed by atoms with Gasteiger partial charge in [-0.2, -0.15) is 0 Å². The number of benzene rings is 3. The molecule has 3 aromatic carbocycles. The Morgan fingerprint density at radius 3 is 1.93 bits per heavy atom. The third-order valence-electron chi connectivity index (χ3n) is 4.88. The summed E-state index contributed by atoms with van der Waals surface area (Å²) in [5.74, 6) is -0.890. The van der Waals surface area contributed by atoms with Gasteiger partial charge in [-0.15, -0.1) is 0 Å². The van der Waals surface area contributed by atoms with E-state index in [0.717, 1.165) is 16.7 Å². The second-order valence-corrected chi connectivity index (χ2v) is 6.88. The molecule has 1 amide bonds. The predicted molar refractivity (Wildman–Crippen MR) is 116 cm³/mol. The number of esters is 1. The van der Waals surface area contributed by atoms with Crippen molar-refractivity contribution in [3.63, 3.8) is 0 Å². The third kappa shape index (κ3) is 5.33. The van der Waals surface area contributed by atoms with Crippen LogP contribution in [0.15, 0.2) is 84.9 Å². The van der Waals surface area contributed by atoms with Gasteiger partial charge in [0, 0.05) is 13.5 Å². The molecule has 2 atom stereocenters. The normalized spacial score (nSPS) is 12.6. The smallest absolute Gasteiger partial charge is 0.328 e. The molecule has 0 spiro atoms. The van der Waals surface area contributed by atoms with Crippen molar-refractivity contribution < 1.29 is 19.1 Å². The number of hydrogen-bond donors (Lipinski definition) is 1. The first-order valence-corrected chi connectivity index (χ1v) is 9.72. The molecule has 0 saturated carbocycles. The summed E-state index contributed by atoms with van der Waals surface area (Å²) in [6, 6.07) is 26.3. The van der Waals surface area contributed by atoms with Gasteiger partial charge in [-0.25, -0.2) is 4.79 Å². The fraction of sp³-hybridized carbons (Fsp3) is 0.200. The van der Waals surface area contributed by atoms with Crippen molar-refractivity contribution in [2.24, 2.45) is 0 Å². The highest BCUT2D eigenvalue weighted by Gasteiger charge is 2.27. The summed E-state index contributed by atoms with van der Waals surface area (Å²) in [6.07, 6.45) is -0.488. The second-order valence-electron chi connectivity index (χ2n) is 6.88. The topological polar surface area (TPSA) is 64.6 Å². The van der Waals surface area contributed by atoms with Crippen LogP contribution in [-0.4, -0.2) is 32.1 Å². The summed E-state index contributed by atoms with van der Waals surface area (Å²) in [4.78, 5) is 25.1. The average Bonchev–Trinajstić information content (AvgIpc) is 2.80. The minimum Gasteiger partial charge on any atom is -0.467 e. The Morgan fingerprint density at radius 2 is 1.37 bits per heavy atom. The van der Waals surface area contributed by atoms with E-state index in [1.54, 1.807) is 0 Å². The average molecular weight is 403 g/mol. The van der Waals surface area contributed by atoms with Gasteiger partial charge < -0.3 is 14.8 Å². The summed E-state index contributed by atoms with van der Waals surface area (Å²) < 4.78 is 10.3. The lowest BCUT2D eigenvalue weighted by molar-refractivity contribution is -0.146. The Kier molecular flexibility index (Phi) is 7.35. The molecule has 30 heavy (non-hydrogen) atoms. The van der Waals surface area contributed by atoms with Gasteiger partial charge in [0.25, 0.3) is 5.91 Å². The number of hydrogen-bond acceptors (Lipinski definition) is 4. The predicted octanol–water partition coefficient (Wildman–Crippen LogP) is 3.94. The van der Waals surface area contributed by atoms with E-state index in [1.807, 2.05) is 84.9 Å². The van der Waals surface area contributed by atoms with E-state index in [-0.39, 0.29) is 5.91 Å². The molecule has 0 aliphatic carbocycles. The molecule has 5 nitrogen and oxygen atoms in total. The molecule has 0 radical (unpaired) electrons. The highest BCUT2D eigenvalue weighted by molar-refractivity contribution is 5.88. The first-order chi connectivity index (χ1) is 14.6. The van der Waals surface area contributed by atoms with Crippen LogP contribution in [0.5, 0.6) is 0 Å². The van der Waals surface area contributed by atoms with Gasteiger partial charge in [-0.05, 0) is 22.3 Å². The number of methoxy groups -OCH3 is 2. The minimum absolute atomic E-state index is 0.318. The van der Waals surface area contributed by atoms with Crippen LogP contribution in [0.4, 0.5) is 0 Å². The maximum Gasteiger partial charge on any atom is 0.328 e. The highest BCUT2D eigenvalue weighted by atomic mass is 16.5. The largest absolute Gasteiger partial charge is 0.467 e. The zero-order chi connectivity index (χ0) is 21.3. The maximum atomic E-state index is 12.8. The van der Waals surface area contributed by atoms with Crippen molar-refractivity contribution in [3.8, 4) is 11.1 Å². The first kappa shape index (κ1) is 21.3. The SMILES string of the molecule is COC(=O)[C@@H](Cc1ccc(-c2ccccc2)cc1)NC(=O)[C@@H](OC)c1ccccc1. The second kappa shape index (κ2) is 10.4. The molecule has 1 N–H and O–H groups in total. The number of carbonyl (C=O) groups excluding carboxylic acids is 2.